The van der Waals surface area contributed by atoms with Gasteiger partial charge >= 0.3 is 5.97 Å². The molecule has 0 saturated heterocycles. The molecule has 20 heavy (non-hydrogen) atoms. The van der Waals surface area contributed by atoms with Gasteiger partial charge in [-0.25, -0.2) is 9.69 Å². The number of carbonyl (C=O) groups excluding carboxylic acids is 3. The minimum absolute atomic E-state index is 0.0150. The van der Waals surface area contributed by atoms with E-state index in [1.165, 1.54) is 7.11 Å². The number of fused-ring (bicyclic) bond motifs is 1. The molecule has 1 aliphatic rings. The number of carbonyl (C=O) groups is 3. The Bertz CT molecular complexity index is 596. The number of methoxy groups -OCH3 is 1. The van der Waals surface area contributed by atoms with Gasteiger partial charge in [0.15, 0.2) is 0 Å². The van der Waals surface area contributed by atoms with Crippen molar-refractivity contribution < 1.29 is 19.1 Å². The van der Waals surface area contributed by atoms with Crippen LogP contribution in [0.4, 0.5) is 0 Å². The zero-order valence-corrected chi connectivity index (χ0v) is 11.6. The summed E-state index contributed by atoms with van der Waals surface area (Å²) >= 11 is 0. The molecule has 0 bridgehead atoms. The minimum atomic E-state index is -0.682. The number of allylic oxidation sites excluding steroid dienone is 1. The average Bonchev–Trinajstić information content (AvgIpc) is 2.72. The molecule has 0 unspecified atom stereocenters. The smallest absolute Gasteiger partial charge is 0.355 e. The van der Waals surface area contributed by atoms with Crippen LogP contribution in [0.25, 0.3) is 0 Å². The van der Waals surface area contributed by atoms with Gasteiger partial charge in [0.2, 0.25) is 0 Å². The summed E-state index contributed by atoms with van der Waals surface area (Å²) in [5, 5.41) is 0. The predicted molar refractivity (Wildman–Crippen MR) is 71.9 cm³/mol. The van der Waals surface area contributed by atoms with Crippen molar-refractivity contribution in [2.24, 2.45) is 0 Å². The third-order valence-electron chi connectivity index (χ3n) is 3.33. The van der Waals surface area contributed by atoms with Gasteiger partial charge in [-0.05, 0) is 31.1 Å². The lowest BCUT2D eigenvalue weighted by Gasteiger charge is -2.18. The summed E-state index contributed by atoms with van der Waals surface area (Å²) in [5.74, 6) is -1.66. The van der Waals surface area contributed by atoms with Crippen LogP contribution in [0.3, 0.4) is 0 Å². The lowest BCUT2D eigenvalue weighted by atomic mass is 10.1. The Morgan fingerprint density at radius 2 is 1.65 bits per heavy atom. The minimum Gasteiger partial charge on any atom is -0.464 e. The van der Waals surface area contributed by atoms with Crippen molar-refractivity contribution in [1.82, 2.24) is 4.90 Å². The van der Waals surface area contributed by atoms with Gasteiger partial charge in [0, 0.05) is 0 Å². The molecule has 5 nitrogen and oxygen atoms in total. The van der Waals surface area contributed by atoms with E-state index in [9.17, 15) is 14.4 Å². The fraction of sp³-hybridized carbons (Fsp3) is 0.267. The first-order valence-corrected chi connectivity index (χ1v) is 6.28. The van der Waals surface area contributed by atoms with Crippen LogP contribution in [0.1, 0.15) is 41.0 Å². The molecule has 104 valence electrons. The maximum atomic E-state index is 12.4. The lowest BCUT2D eigenvalue weighted by molar-refractivity contribution is -0.137. The molecule has 5 heteroatoms. The molecule has 1 aliphatic heterocycles. The van der Waals surface area contributed by atoms with E-state index in [1.807, 2.05) is 6.92 Å². The van der Waals surface area contributed by atoms with Crippen LogP contribution in [-0.4, -0.2) is 29.8 Å². The van der Waals surface area contributed by atoms with Crippen LogP contribution in [-0.2, 0) is 9.53 Å². The lowest BCUT2D eigenvalue weighted by Crippen LogP contribution is -2.34. The summed E-state index contributed by atoms with van der Waals surface area (Å²) in [6.45, 7) is 3.55. The number of ether oxygens (including phenoxy) is 1. The van der Waals surface area contributed by atoms with Gasteiger partial charge in [0.05, 0.1) is 18.2 Å². The highest BCUT2D eigenvalue weighted by Crippen LogP contribution is 2.28. The molecule has 1 aromatic carbocycles. The molecular weight excluding hydrogens is 258 g/mol. The van der Waals surface area contributed by atoms with E-state index >= 15 is 0 Å². The Morgan fingerprint density at radius 3 is 2.05 bits per heavy atom. The van der Waals surface area contributed by atoms with Crippen LogP contribution >= 0.6 is 0 Å². The fourth-order valence-corrected chi connectivity index (χ4v) is 2.11. The monoisotopic (exact) mass is 273 g/mol. The molecule has 0 radical (unpaired) electrons. The second-order valence-corrected chi connectivity index (χ2v) is 4.47. The Kier molecular flexibility index (Phi) is 3.70. The number of hydrogen-bond acceptors (Lipinski definition) is 4. The van der Waals surface area contributed by atoms with E-state index in [2.05, 4.69) is 0 Å². The number of benzene rings is 1. The quantitative estimate of drug-likeness (QED) is 0.481. The summed E-state index contributed by atoms with van der Waals surface area (Å²) in [7, 11) is 1.23. The SMILES string of the molecule is CC/C(C)=C(/C(=O)OC)N1C(=O)c2ccccc2C1=O. The summed E-state index contributed by atoms with van der Waals surface area (Å²) in [6, 6.07) is 6.51. The van der Waals surface area contributed by atoms with Crippen LogP contribution in [0.5, 0.6) is 0 Å². The molecule has 0 aromatic heterocycles. The van der Waals surface area contributed by atoms with Gasteiger partial charge in [0.25, 0.3) is 11.8 Å². The van der Waals surface area contributed by atoms with Crippen molar-refractivity contribution in [3.63, 3.8) is 0 Å². The highest BCUT2D eigenvalue weighted by atomic mass is 16.5. The van der Waals surface area contributed by atoms with Crippen LogP contribution in [0.15, 0.2) is 35.5 Å². The van der Waals surface area contributed by atoms with Crippen molar-refractivity contribution >= 4 is 17.8 Å². The van der Waals surface area contributed by atoms with Crippen molar-refractivity contribution in [2.75, 3.05) is 7.11 Å². The number of imide groups is 1. The third kappa shape index (κ3) is 2.01. The first-order chi connectivity index (χ1) is 9.52. The number of rotatable bonds is 3. The molecule has 2 amide bonds. The third-order valence-corrected chi connectivity index (χ3v) is 3.33. The number of nitrogens with zero attached hydrogens (tertiary/aromatic N) is 1. The summed E-state index contributed by atoms with van der Waals surface area (Å²) in [6.07, 6.45) is 0.540. The number of hydrogen-bond donors (Lipinski definition) is 0. The van der Waals surface area contributed by atoms with Gasteiger partial charge in [-0.2, -0.15) is 0 Å². The van der Waals surface area contributed by atoms with Crippen LogP contribution < -0.4 is 0 Å². The standard InChI is InChI=1S/C15H15NO4/c1-4-9(2)12(15(19)20-3)16-13(17)10-7-5-6-8-11(10)14(16)18/h5-8H,4H2,1-3H3/b12-9-. The maximum absolute atomic E-state index is 12.4. The van der Waals surface area contributed by atoms with E-state index in [0.717, 1.165) is 4.90 Å². The Hall–Kier alpha value is -2.43. The Morgan fingerprint density at radius 1 is 1.15 bits per heavy atom. The first-order valence-electron chi connectivity index (χ1n) is 6.28. The van der Waals surface area contributed by atoms with Crippen molar-refractivity contribution in [3.05, 3.63) is 46.7 Å². The van der Waals surface area contributed by atoms with Crippen LogP contribution in [0, 0.1) is 0 Å². The second-order valence-electron chi connectivity index (χ2n) is 4.47. The molecule has 1 aromatic rings. The van der Waals surface area contributed by atoms with E-state index in [1.54, 1.807) is 31.2 Å². The maximum Gasteiger partial charge on any atom is 0.355 e. The molecule has 0 N–H and O–H groups in total. The van der Waals surface area contributed by atoms with E-state index in [0.29, 0.717) is 23.1 Å². The zero-order chi connectivity index (χ0) is 14.9. The number of amides is 2. The van der Waals surface area contributed by atoms with Gasteiger partial charge in [-0.3, -0.25) is 9.59 Å². The first kappa shape index (κ1) is 14.0. The zero-order valence-electron chi connectivity index (χ0n) is 11.6. The van der Waals surface area contributed by atoms with E-state index in [-0.39, 0.29) is 5.70 Å². The van der Waals surface area contributed by atoms with Crippen LogP contribution in [0.2, 0.25) is 0 Å². The highest BCUT2D eigenvalue weighted by molar-refractivity contribution is 6.24. The molecular formula is C15H15NO4. The topological polar surface area (TPSA) is 63.7 Å². The predicted octanol–water partition coefficient (Wildman–Crippen LogP) is 2.14. The fourth-order valence-electron chi connectivity index (χ4n) is 2.11. The van der Waals surface area contributed by atoms with E-state index in [4.69, 9.17) is 4.74 Å². The van der Waals surface area contributed by atoms with Gasteiger partial charge in [-0.15, -0.1) is 0 Å². The molecule has 0 atom stereocenters. The molecule has 2 rings (SSSR count). The molecule has 0 fully saturated rings. The second kappa shape index (κ2) is 5.28. The largest absolute Gasteiger partial charge is 0.464 e. The molecule has 0 spiro atoms. The van der Waals surface area contributed by atoms with Crippen molar-refractivity contribution in [1.29, 1.82) is 0 Å². The highest BCUT2D eigenvalue weighted by Gasteiger charge is 2.40. The molecule has 1 heterocycles. The van der Waals surface area contributed by atoms with E-state index < -0.39 is 17.8 Å². The Balaban J connectivity index is 2.57. The summed E-state index contributed by atoms with van der Waals surface area (Å²) in [5.41, 5.74) is 1.26. The normalized spacial score (nSPS) is 15.1. The Labute approximate surface area is 116 Å². The molecule has 0 aliphatic carbocycles. The van der Waals surface area contributed by atoms with Gasteiger partial charge in [-0.1, -0.05) is 19.1 Å². The number of esters is 1. The summed E-state index contributed by atoms with van der Waals surface area (Å²) in [4.78, 5) is 37.5. The molecule has 0 saturated carbocycles. The summed E-state index contributed by atoms with van der Waals surface area (Å²) < 4.78 is 4.70. The average molecular weight is 273 g/mol. The van der Waals surface area contributed by atoms with Gasteiger partial charge in [0.1, 0.15) is 5.70 Å². The van der Waals surface area contributed by atoms with Gasteiger partial charge < -0.3 is 4.74 Å². The van der Waals surface area contributed by atoms with Crippen molar-refractivity contribution in [3.8, 4) is 0 Å². The van der Waals surface area contributed by atoms with Crippen molar-refractivity contribution in [2.45, 2.75) is 20.3 Å².